The van der Waals surface area contributed by atoms with Crippen LogP contribution >= 0.6 is 11.8 Å². The van der Waals surface area contributed by atoms with E-state index in [-0.39, 0.29) is 11.2 Å². The minimum absolute atomic E-state index is 0.275. The van der Waals surface area contributed by atoms with Crippen LogP contribution in [0, 0.1) is 19.3 Å². The van der Waals surface area contributed by atoms with E-state index in [1.54, 1.807) is 12.1 Å². The quantitative estimate of drug-likeness (QED) is 0.562. The zero-order valence-corrected chi connectivity index (χ0v) is 10.7. The van der Waals surface area contributed by atoms with Crippen LogP contribution in [0.3, 0.4) is 0 Å². The molecule has 1 atom stereocenters. The van der Waals surface area contributed by atoms with E-state index < -0.39 is 0 Å². The molecule has 18 heavy (non-hydrogen) atoms. The van der Waals surface area contributed by atoms with E-state index >= 15 is 0 Å². The Morgan fingerprint density at radius 3 is 2.22 bits per heavy atom. The molecule has 0 heterocycles. The van der Waals surface area contributed by atoms with Gasteiger partial charge in [-0.3, -0.25) is 4.85 Å². The first-order chi connectivity index (χ1) is 8.69. The van der Waals surface area contributed by atoms with Crippen molar-refractivity contribution in [1.82, 2.24) is 0 Å². The summed E-state index contributed by atoms with van der Waals surface area (Å²) in [4.78, 5) is 4.64. The molecule has 3 heteroatoms. The van der Waals surface area contributed by atoms with Crippen molar-refractivity contribution in [2.75, 3.05) is 0 Å². The van der Waals surface area contributed by atoms with Crippen molar-refractivity contribution >= 4 is 11.8 Å². The lowest BCUT2D eigenvalue weighted by atomic mass is 10.2. The second-order valence-corrected chi connectivity index (χ2v) is 5.12. The van der Waals surface area contributed by atoms with Gasteiger partial charge in [-0.25, -0.2) is 11.0 Å². The number of hydrogen-bond donors (Lipinski definition) is 0. The highest BCUT2D eigenvalue weighted by Crippen LogP contribution is 2.36. The Balaban J connectivity index is 2.17. The third-order valence-electron chi connectivity index (χ3n) is 2.54. The van der Waals surface area contributed by atoms with Gasteiger partial charge in [-0.15, -0.1) is 0 Å². The molecule has 0 fully saturated rings. The topological polar surface area (TPSA) is 4.36 Å². The van der Waals surface area contributed by atoms with Crippen LogP contribution in [0.5, 0.6) is 0 Å². The number of aryl methyl sites for hydroxylation is 1. The van der Waals surface area contributed by atoms with Crippen molar-refractivity contribution in [2.24, 2.45) is 0 Å². The molecule has 0 saturated heterocycles. The Labute approximate surface area is 110 Å². The van der Waals surface area contributed by atoms with Crippen LogP contribution in [0.2, 0.25) is 0 Å². The first kappa shape index (κ1) is 12.7. The minimum atomic E-state index is -0.326. The van der Waals surface area contributed by atoms with Crippen molar-refractivity contribution in [1.29, 1.82) is 0 Å². The third-order valence-corrected chi connectivity index (χ3v) is 3.69. The Morgan fingerprint density at radius 1 is 1.06 bits per heavy atom. The van der Waals surface area contributed by atoms with E-state index in [0.29, 0.717) is 0 Å². The molecule has 2 aromatic rings. The number of hydrogen-bond acceptors (Lipinski definition) is 1. The average Bonchev–Trinajstić information content (AvgIpc) is 2.39. The molecule has 0 bridgehead atoms. The van der Waals surface area contributed by atoms with Crippen molar-refractivity contribution in [2.45, 2.75) is 17.2 Å². The predicted octanol–water partition coefficient (Wildman–Crippen LogP) is 4.84. The highest BCUT2D eigenvalue weighted by Gasteiger charge is 2.17. The summed E-state index contributed by atoms with van der Waals surface area (Å²) >= 11 is 1.48. The molecule has 2 rings (SSSR count). The zero-order chi connectivity index (χ0) is 13.0. The van der Waals surface area contributed by atoms with Crippen molar-refractivity contribution in [3.05, 3.63) is 76.9 Å². The lowest BCUT2D eigenvalue weighted by Gasteiger charge is -2.06. The van der Waals surface area contributed by atoms with Gasteiger partial charge in [0.15, 0.2) is 0 Å². The summed E-state index contributed by atoms with van der Waals surface area (Å²) < 4.78 is 12.8. The van der Waals surface area contributed by atoms with Crippen LogP contribution in [0.25, 0.3) is 4.85 Å². The molecule has 0 N–H and O–H groups in total. The summed E-state index contributed by atoms with van der Waals surface area (Å²) in [5.74, 6) is -0.275. The molecule has 0 radical (unpaired) electrons. The SMILES string of the molecule is [C-]#[N+][C@@H](Sc1ccc(C)cc1)c1ccc(F)cc1. The van der Waals surface area contributed by atoms with Crippen molar-refractivity contribution in [3.63, 3.8) is 0 Å². The fourth-order valence-corrected chi connectivity index (χ4v) is 2.44. The maximum atomic E-state index is 12.8. The van der Waals surface area contributed by atoms with E-state index in [1.165, 1.54) is 29.5 Å². The van der Waals surface area contributed by atoms with Crippen LogP contribution in [0.15, 0.2) is 53.4 Å². The lowest BCUT2D eigenvalue weighted by Crippen LogP contribution is -1.88. The van der Waals surface area contributed by atoms with Gasteiger partial charge in [0.05, 0.1) is 0 Å². The number of rotatable bonds is 3. The Hall–Kier alpha value is -1.79. The van der Waals surface area contributed by atoms with Gasteiger partial charge in [0.2, 0.25) is 0 Å². The maximum Gasteiger partial charge on any atom is 0.298 e. The summed E-state index contributed by atoms with van der Waals surface area (Å²) in [7, 11) is 0. The van der Waals surface area contributed by atoms with E-state index in [1.807, 2.05) is 31.2 Å². The second kappa shape index (κ2) is 5.70. The van der Waals surface area contributed by atoms with E-state index in [9.17, 15) is 4.39 Å². The molecule has 0 aliphatic carbocycles. The smallest absolute Gasteiger partial charge is 0.296 e. The summed E-state index contributed by atoms with van der Waals surface area (Å²) in [5.41, 5.74) is 2.03. The van der Waals surface area contributed by atoms with Gasteiger partial charge in [0.1, 0.15) is 5.82 Å². The van der Waals surface area contributed by atoms with Gasteiger partial charge in [0, 0.05) is 10.5 Å². The zero-order valence-electron chi connectivity index (χ0n) is 9.93. The normalized spacial score (nSPS) is 11.8. The Morgan fingerprint density at radius 2 is 1.67 bits per heavy atom. The molecular formula is C15H12FNS. The summed E-state index contributed by atoms with van der Waals surface area (Å²) in [6.45, 7) is 9.28. The van der Waals surface area contributed by atoms with E-state index in [2.05, 4.69) is 4.85 Å². The number of thioether (sulfide) groups is 1. The van der Waals surface area contributed by atoms with Crippen LogP contribution < -0.4 is 0 Å². The highest BCUT2D eigenvalue weighted by molar-refractivity contribution is 7.99. The summed E-state index contributed by atoms with van der Waals surface area (Å²) in [6, 6.07) is 14.2. The molecule has 0 aliphatic rings. The molecular weight excluding hydrogens is 245 g/mol. The molecule has 90 valence electrons. The van der Waals surface area contributed by atoms with Gasteiger partial charge in [-0.1, -0.05) is 17.7 Å². The van der Waals surface area contributed by atoms with Crippen molar-refractivity contribution in [3.8, 4) is 0 Å². The molecule has 0 saturated carbocycles. The number of halogens is 1. The van der Waals surface area contributed by atoms with Gasteiger partial charge < -0.3 is 0 Å². The summed E-state index contributed by atoms with van der Waals surface area (Å²) in [6.07, 6.45) is 0. The highest BCUT2D eigenvalue weighted by atomic mass is 32.2. The molecule has 2 aromatic carbocycles. The van der Waals surface area contributed by atoms with Crippen LogP contribution in [0.1, 0.15) is 16.5 Å². The van der Waals surface area contributed by atoms with E-state index in [0.717, 1.165) is 10.5 Å². The number of nitrogens with zero attached hydrogens (tertiary/aromatic N) is 1. The Bertz CT molecular complexity index is 555. The van der Waals surface area contributed by atoms with Crippen LogP contribution in [0.4, 0.5) is 4.39 Å². The van der Waals surface area contributed by atoms with Gasteiger partial charge >= 0.3 is 0 Å². The monoisotopic (exact) mass is 257 g/mol. The maximum absolute atomic E-state index is 12.8. The van der Waals surface area contributed by atoms with Gasteiger partial charge in [0.25, 0.3) is 5.37 Å². The summed E-state index contributed by atoms with van der Waals surface area (Å²) in [5, 5.41) is -0.326. The van der Waals surface area contributed by atoms with Gasteiger partial charge in [-0.2, -0.15) is 0 Å². The first-order valence-electron chi connectivity index (χ1n) is 5.54. The molecule has 0 aromatic heterocycles. The van der Waals surface area contributed by atoms with E-state index in [4.69, 9.17) is 6.57 Å². The molecule has 0 aliphatic heterocycles. The van der Waals surface area contributed by atoms with Crippen molar-refractivity contribution < 1.29 is 4.39 Å². The lowest BCUT2D eigenvalue weighted by molar-refractivity contribution is 0.627. The standard InChI is InChI=1S/C15H12FNS/c1-11-3-9-14(10-4-11)18-15(17-2)12-5-7-13(16)8-6-12/h3-10,15H,1H3/t15-/m0/s1. The Kier molecular flexibility index (Phi) is 4.01. The number of benzene rings is 2. The minimum Gasteiger partial charge on any atom is -0.296 e. The molecule has 0 amide bonds. The largest absolute Gasteiger partial charge is 0.298 e. The fraction of sp³-hybridized carbons (Fsp3) is 0.133. The second-order valence-electron chi connectivity index (χ2n) is 3.96. The van der Waals surface area contributed by atoms with Gasteiger partial charge in [-0.05, 0) is 55.1 Å². The molecule has 1 nitrogen and oxygen atoms in total. The van der Waals surface area contributed by atoms with Crippen LogP contribution in [-0.4, -0.2) is 0 Å². The predicted molar refractivity (Wildman–Crippen MR) is 72.8 cm³/mol. The molecule has 0 spiro atoms. The fourth-order valence-electron chi connectivity index (χ4n) is 1.54. The first-order valence-corrected chi connectivity index (χ1v) is 6.42. The van der Waals surface area contributed by atoms with Crippen LogP contribution in [-0.2, 0) is 0 Å². The third kappa shape index (κ3) is 3.12. The average molecular weight is 257 g/mol. The molecule has 0 unspecified atom stereocenters.